The van der Waals surface area contributed by atoms with Crippen LogP contribution in [0.3, 0.4) is 0 Å². The highest BCUT2D eigenvalue weighted by Crippen LogP contribution is 2.36. The van der Waals surface area contributed by atoms with E-state index in [2.05, 4.69) is 20.1 Å². The monoisotopic (exact) mass is 269 g/mol. The van der Waals surface area contributed by atoms with Crippen molar-refractivity contribution in [3.8, 4) is 0 Å². The van der Waals surface area contributed by atoms with E-state index in [-0.39, 0.29) is 0 Å². The third-order valence-electron chi connectivity index (χ3n) is 4.72. The van der Waals surface area contributed by atoms with Crippen molar-refractivity contribution < 1.29 is 0 Å². The van der Waals surface area contributed by atoms with Crippen molar-refractivity contribution in [2.75, 3.05) is 18.0 Å². The minimum Gasteiger partial charge on any atom is -0.339 e. The first-order chi connectivity index (χ1) is 9.79. The standard InChI is InChI=1S/C15H19N5/c16-12-6-5-10-8-20(9-11(10)7-12)15-17-13-3-1-2-4-14(13)18-19-15/h1-4,10-12H,5-9,16H2/t10-,11+,12?/m1/s1. The van der Waals surface area contributed by atoms with Gasteiger partial charge in [-0.25, -0.2) is 4.98 Å². The Labute approximate surface area is 118 Å². The van der Waals surface area contributed by atoms with E-state index >= 15 is 0 Å². The van der Waals surface area contributed by atoms with Crippen molar-refractivity contribution in [3.05, 3.63) is 24.3 Å². The SMILES string of the molecule is NC1CC[C@@H]2CN(c3nnc4ccccc4n3)C[C@@H]2C1. The first-order valence-electron chi connectivity index (χ1n) is 7.39. The van der Waals surface area contributed by atoms with E-state index < -0.39 is 0 Å². The molecular weight excluding hydrogens is 250 g/mol. The van der Waals surface area contributed by atoms with Crippen LogP contribution in [0.2, 0.25) is 0 Å². The summed E-state index contributed by atoms with van der Waals surface area (Å²) in [5.41, 5.74) is 7.86. The van der Waals surface area contributed by atoms with Crippen LogP contribution in [0.5, 0.6) is 0 Å². The van der Waals surface area contributed by atoms with Gasteiger partial charge in [0.25, 0.3) is 0 Å². The van der Waals surface area contributed by atoms with Crippen molar-refractivity contribution in [1.82, 2.24) is 15.2 Å². The molecule has 5 nitrogen and oxygen atoms in total. The molecule has 5 heteroatoms. The second-order valence-corrected chi connectivity index (χ2v) is 6.10. The minimum absolute atomic E-state index is 0.381. The second-order valence-electron chi connectivity index (χ2n) is 6.10. The molecule has 1 aliphatic heterocycles. The van der Waals surface area contributed by atoms with E-state index in [1.165, 1.54) is 6.42 Å². The number of aromatic nitrogens is 3. The van der Waals surface area contributed by atoms with Gasteiger partial charge in [0.05, 0.1) is 5.52 Å². The first-order valence-corrected chi connectivity index (χ1v) is 7.39. The van der Waals surface area contributed by atoms with Crippen LogP contribution < -0.4 is 10.6 Å². The van der Waals surface area contributed by atoms with E-state index in [0.29, 0.717) is 12.0 Å². The van der Waals surface area contributed by atoms with E-state index in [0.717, 1.165) is 48.8 Å². The lowest BCUT2D eigenvalue weighted by atomic mass is 9.79. The number of rotatable bonds is 1. The largest absolute Gasteiger partial charge is 0.339 e. The zero-order valence-electron chi connectivity index (χ0n) is 11.4. The Bertz CT molecular complexity index is 628. The molecule has 0 radical (unpaired) electrons. The zero-order chi connectivity index (χ0) is 13.5. The molecule has 4 rings (SSSR count). The number of para-hydroxylation sites is 1. The average molecular weight is 269 g/mol. The van der Waals surface area contributed by atoms with Gasteiger partial charge in [-0.05, 0) is 43.2 Å². The molecule has 104 valence electrons. The third kappa shape index (κ3) is 2.02. The number of fused-ring (bicyclic) bond motifs is 2. The molecule has 2 fully saturated rings. The Morgan fingerprint density at radius 2 is 1.80 bits per heavy atom. The summed E-state index contributed by atoms with van der Waals surface area (Å²) < 4.78 is 0. The summed E-state index contributed by atoms with van der Waals surface area (Å²) in [6.45, 7) is 2.08. The van der Waals surface area contributed by atoms with E-state index in [1.54, 1.807) is 0 Å². The summed E-state index contributed by atoms with van der Waals surface area (Å²) in [5.74, 6) is 2.23. The summed E-state index contributed by atoms with van der Waals surface area (Å²) in [4.78, 5) is 6.94. The fraction of sp³-hybridized carbons (Fsp3) is 0.533. The highest BCUT2D eigenvalue weighted by Gasteiger charge is 2.37. The van der Waals surface area contributed by atoms with Gasteiger partial charge in [-0.15, -0.1) is 10.2 Å². The molecule has 2 aliphatic rings. The second kappa shape index (κ2) is 4.66. The lowest BCUT2D eigenvalue weighted by Crippen LogP contribution is -2.32. The van der Waals surface area contributed by atoms with Crippen molar-refractivity contribution in [1.29, 1.82) is 0 Å². The number of benzene rings is 1. The van der Waals surface area contributed by atoms with Crippen LogP contribution in [0.4, 0.5) is 5.95 Å². The van der Waals surface area contributed by atoms with Crippen molar-refractivity contribution in [2.24, 2.45) is 17.6 Å². The Morgan fingerprint density at radius 3 is 2.70 bits per heavy atom. The molecule has 1 aliphatic carbocycles. The average Bonchev–Trinajstić information content (AvgIpc) is 2.89. The Balaban J connectivity index is 1.60. The summed E-state index contributed by atoms with van der Waals surface area (Å²) in [6, 6.07) is 8.27. The molecule has 2 N–H and O–H groups in total. The Kier molecular flexibility index (Phi) is 2.80. The highest BCUT2D eigenvalue weighted by molar-refractivity contribution is 5.74. The van der Waals surface area contributed by atoms with Gasteiger partial charge >= 0.3 is 0 Å². The van der Waals surface area contributed by atoms with Gasteiger partial charge in [0.1, 0.15) is 5.52 Å². The van der Waals surface area contributed by atoms with Gasteiger partial charge in [0.2, 0.25) is 5.95 Å². The third-order valence-corrected chi connectivity index (χ3v) is 4.72. The predicted molar refractivity (Wildman–Crippen MR) is 78.4 cm³/mol. The maximum Gasteiger partial charge on any atom is 0.245 e. The molecule has 1 unspecified atom stereocenters. The molecule has 2 aromatic rings. The normalized spacial score (nSPS) is 29.6. The van der Waals surface area contributed by atoms with Gasteiger partial charge in [0, 0.05) is 19.1 Å². The highest BCUT2D eigenvalue weighted by atomic mass is 15.3. The maximum atomic E-state index is 6.09. The molecule has 0 bridgehead atoms. The predicted octanol–water partition coefficient (Wildman–Crippen LogP) is 1.59. The van der Waals surface area contributed by atoms with Crippen LogP contribution in [0.25, 0.3) is 11.0 Å². The molecule has 3 atom stereocenters. The van der Waals surface area contributed by atoms with Crippen LogP contribution in [0.15, 0.2) is 24.3 Å². The van der Waals surface area contributed by atoms with E-state index in [9.17, 15) is 0 Å². The molecule has 20 heavy (non-hydrogen) atoms. The quantitative estimate of drug-likeness (QED) is 0.851. The molecular formula is C15H19N5. The van der Waals surface area contributed by atoms with Gasteiger partial charge in [-0.2, -0.15) is 0 Å². The van der Waals surface area contributed by atoms with Crippen LogP contribution in [-0.2, 0) is 0 Å². The van der Waals surface area contributed by atoms with Gasteiger partial charge in [-0.1, -0.05) is 12.1 Å². The molecule has 0 spiro atoms. The fourth-order valence-corrected chi connectivity index (χ4v) is 3.64. The van der Waals surface area contributed by atoms with Crippen molar-refractivity contribution in [2.45, 2.75) is 25.3 Å². The van der Waals surface area contributed by atoms with E-state index in [4.69, 9.17) is 5.73 Å². The molecule has 1 saturated carbocycles. The van der Waals surface area contributed by atoms with E-state index in [1.807, 2.05) is 24.3 Å². The number of nitrogens with two attached hydrogens (primary N) is 1. The lowest BCUT2D eigenvalue weighted by Gasteiger charge is -2.27. The molecule has 0 amide bonds. The van der Waals surface area contributed by atoms with Crippen LogP contribution >= 0.6 is 0 Å². The fourth-order valence-electron chi connectivity index (χ4n) is 3.64. The first kappa shape index (κ1) is 12.0. The summed E-state index contributed by atoms with van der Waals surface area (Å²) >= 11 is 0. The maximum absolute atomic E-state index is 6.09. The van der Waals surface area contributed by atoms with Crippen LogP contribution in [0.1, 0.15) is 19.3 Å². The summed E-state index contributed by atoms with van der Waals surface area (Å²) in [6.07, 6.45) is 3.54. The number of hydrogen-bond acceptors (Lipinski definition) is 5. The zero-order valence-corrected chi connectivity index (χ0v) is 11.4. The summed E-state index contributed by atoms with van der Waals surface area (Å²) in [5, 5.41) is 8.58. The molecule has 1 saturated heterocycles. The van der Waals surface area contributed by atoms with Gasteiger partial charge in [0.15, 0.2) is 0 Å². The number of anilines is 1. The topological polar surface area (TPSA) is 67.9 Å². The smallest absolute Gasteiger partial charge is 0.245 e. The van der Waals surface area contributed by atoms with Crippen molar-refractivity contribution in [3.63, 3.8) is 0 Å². The summed E-state index contributed by atoms with van der Waals surface area (Å²) in [7, 11) is 0. The number of hydrogen-bond donors (Lipinski definition) is 1. The number of nitrogens with zero attached hydrogens (tertiary/aromatic N) is 4. The van der Waals surface area contributed by atoms with Crippen LogP contribution in [-0.4, -0.2) is 34.3 Å². The van der Waals surface area contributed by atoms with Gasteiger partial charge < -0.3 is 10.6 Å². The molecule has 1 aromatic heterocycles. The molecule has 2 heterocycles. The van der Waals surface area contributed by atoms with Gasteiger partial charge in [-0.3, -0.25) is 0 Å². The lowest BCUT2D eigenvalue weighted by molar-refractivity contribution is 0.271. The molecule has 1 aromatic carbocycles. The van der Waals surface area contributed by atoms with Crippen LogP contribution in [0, 0.1) is 11.8 Å². The minimum atomic E-state index is 0.381. The van der Waals surface area contributed by atoms with Crippen molar-refractivity contribution >= 4 is 17.0 Å². The Hall–Kier alpha value is -1.75. The Morgan fingerprint density at radius 1 is 1.00 bits per heavy atom.